The average molecular weight is 891 g/mol. The molecule has 49 heavy (non-hydrogen) atoms. The van der Waals surface area contributed by atoms with E-state index in [1.54, 1.807) is 18.4 Å². The molecule has 4 heterocycles. The summed E-state index contributed by atoms with van der Waals surface area (Å²) in [5.41, 5.74) is 3.61. The maximum absolute atomic E-state index is 11.5. The van der Waals surface area contributed by atoms with Crippen molar-refractivity contribution in [2.75, 3.05) is 13.2 Å². The molecule has 2 saturated heterocycles. The van der Waals surface area contributed by atoms with Crippen LogP contribution in [0.5, 0.6) is 11.5 Å². The fraction of sp³-hybridized carbons (Fsp3) is 0.400. The predicted octanol–water partition coefficient (Wildman–Crippen LogP) is 9.12. The third-order valence-electron chi connectivity index (χ3n) is 9.03. The second-order valence-corrected chi connectivity index (χ2v) is 13.7. The van der Waals surface area contributed by atoms with Gasteiger partial charge in [0.15, 0.2) is 0 Å². The minimum absolute atomic E-state index is 0. The van der Waals surface area contributed by atoms with E-state index in [0.29, 0.717) is 42.7 Å². The van der Waals surface area contributed by atoms with Gasteiger partial charge in [-0.3, -0.25) is 0 Å². The maximum atomic E-state index is 11.5. The van der Waals surface area contributed by atoms with E-state index in [0.717, 1.165) is 47.6 Å². The van der Waals surface area contributed by atoms with Gasteiger partial charge in [0.05, 0.1) is 41.9 Å². The van der Waals surface area contributed by atoms with Crippen LogP contribution in [-0.4, -0.2) is 36.6 Å². The van der Waals surface area contributed by atoms with Crippen molar-refractivity contribution >= 4 is 28.0 Å². The first-order valence-corrected chi connectivity index (χ1v) is 16.6. The van der Waals surface area contributed by atoms with Gasteiger partial charge in [-0.15, -0.1) is 29.8 Å². The van der Waals surface area contributed by atoms with Crippen LogP contribution in [0, 0.1) is 43.5 Å². The fourth-order valence-electron chi connectivity index (χ4n) is 5.85. The molecule has 2 atom stereocenters. The topological polar surface area (TPSA) is 92.8 Å². The summed E-state index contributed by atoms with van der Waals surface area (Å²) in [4.78, 5) is 11.5. The number of furan rings is 1. The fourth-order valence-corrected chi connectivity index (χ4v) is 5.85. The van der Waals surface area contributed by atoms with Crippen LogP contribution in [0.4, 0.5) is 0 Å². The Labute approximate surface area is 311 Å². The van der Waals surface area contributed by atoms with Crippen LogP contribution < -0.4 is 15.1 Å². The van der Waals surface area contributed by atoms with Crippen molar-refractivity contribution in [3.8, 4) is 11.5 Å². The van der Waals surface area contributed by atoms with Gasteiger partial charge in [0, 0.05) is 29.6 Å². The second-order valence-electron chi connectivity index (χ2n) is 13.7. The smallest absolute Gasteiger partial charge is 0.532 e. The molecular weight excluding hydrogens is 846 g/mol. The molecule has 0 spiro atoms. The molecule has 0 aliphatic carbocycles. The molecule has 0 radical (unpaired) electrons. The van der Waals surface area contributed by atoms with Crippen molar-refractivity contribution in [1.82, 2.24) is 0 Å². The minimum atomic E-state index is -0.494. The Hall–Kier alpha value is -3.19. The number of rotatable bonds is 14. The van der Waals surface area contributed by atoms with Crippen LogP contribution >= 0.6 is 0 Å². The van der Waals surface area contributed by atoms with Gasteiger partial charge in [-0.2, -0.15) is 0 Å². The standard InChI is InChI=1S/C40H44O8.U/c1-26(19-22-42-30-13-9-28-11-17-36(41)45-33(28)25-30)7-15-34-39(3,4)48-37(46-34)18-12-29-10-14-32-31(21-24-43-32)38(29)44-23-20-27(2)8-16-35-40(5,6)47-35;/h9,11-14,17-21,24-25,34-35H,7-8,15-16,22-23H2,1-6H3;/q-2;+2/b18-12?,26-19+,27-20+;/t34-,35?;/m1./s1. The SMILES string of the molecule is C/C(=C\COc1c(C=C[C-]2O[C@H](CC/C(C)=C/COc3ccc4ccc(=O)oc4c3)C(C)(C)O2)[c-]cc2occc12)CCC1OC1(C)C.[U+2]. The minimum Gasteiger partial charge on any atom is -0.532 e. The number of fused-ring (bicyclic) bond motifs is 2. The van der Waals surface area contributed by atoms with Crippen LogP contribution in [0.15, 0.2) is 91.7 Å². The van der Waals surface area contributed by atoms with E-state index in [-0.39, 0.29) is 48.4 Å². The van der Waals surface area contributed by atoms with Crippen molar-refractivity contribution in [2.24, 2.45) is 0 Å². The van der Waals surface area contributed by atoms with Crippen LogP contribution in [0.25, 0.3) is 28.0 Å². The van der Waals surface area contributed by atoms with E-state index in [9.17, 15) is 4.79 Å². The van der Waals surface area contributed by atoms with Crippen molar-refractivity contribution in [3.63, 3.8) is 0 Å². The van der Waals surface area contributed by atoms with Gasteiger partial charge >= 0.3 is 36.7 Å². The number of hydrogen-bond donors (Lipinski definition) is 0. The number of benzene rings is 2. The van der Waals surface area contributed by atoms with Gasteiger partial charge in [-0.25, -0.2) is 4.79 Å². The molecular formula is C40H44O8U. The summed E-state index contributed by atoms with van der Waals surface area (Å²) in [5.74, 6) is 1.35. The monoisotopic (exact) mass is 890 g/mol. The summed E-state index contributed by atoms with van der Waals surface area (Å²) < 4.78 is 41.3. The Morgan fingerprint density at radius 1 is 0.918 bits per heavy atom. The summed E-state index contributed by atoms with van der Waals surface area (Å²) in [6, 6.07) is 15.7. The molecule has 0 bridgehead atoms. The summed E-state index contributed by atoms with van der Waals surface area (Å²) in [7, 11) is 0. The molecule has 6 rings (SSSR count). The Balaban J connectivity index is 0.00000468. The van der Waals surface area contributed by atoms with Crippen LogP contribution in [0.2, 0.25) is 0 Å². The molecule has 2 fully saturated rings. The molecule has 8 nitrogen and oxygen atoms in total. The van der Waals surface area contributed by atoms with E-state index in [1.165, 1.54) is 17.2 Å². The number of epoxide rings is 1. The third-order valence-corrected chi connectivity index (χ3v) is 9.03. The Morgan fingerprint density at radius 2 is 1.61 bits per heavy atom. The Morgan fingerprint density at radius 3 is 2.35 bits per heavy atom. The summed E-state index contributed by atoms with van der Waals surface area (Å²) in [5, 5.41) is 1.74. The van der Waals surface area contributed by atoms with E-state index < -0.39 is 5.60 Å². The zero-order chi connectivity index (χ0) is 33.9. The molecule has 2 aromatic heterocycles. The van der Waals surface area contributed by atoms with Gasteiger partial charge in [-0.1, -0.05) is 11.1 Å². The predicted molar refractivity (Wildman–Crippen MR) is 186 cm³/mol. The zero-order valence-electron chi connectivity index (χ0n) is 29.1. The molecule has 9 heteroatoms. The largest absolute Gasteiger partial charge is 2.00 e. The van der Waals surface area contributed by atoms with Gasteiger partial charge < -0.3 is 32.5 Å². The van der Waals surface area contributed by atoms with E-state index in [1.807, 2.05) is 50.3 Å². The third kappa shape index (κ3) is 9.53. The van der Waals surface area contributed by atoms with Gasteiger partial charge in [0.2, 0.25) is 0 Å². The molecule has 2 aliphatic heterocycles. The van der Waals surface area contributed by atoms with E-state index in [2.05, 4.69) is 45.9 Å². The molecule has 1 unspecified atom stereocenters. The summed E-state index contributed by atoms with van der Waals surface area (Å²) >= 11 is 0. The molecule has 0 saturated carbocycles. The molecule has 0 N–H and O–H groups in total. The molecule has 2 aromatic carbocycles. The molecule has 256 valence electrons. The second kappa shape index (κ2) is 15.8. The first-order valence-electron chi connectivity index (χ1n) is 16.6. The van der Waals surface area contributed by atoms with Crippen molar-refractivity contribution in [2.45, 2.75) is 90.6 Å². The van der Waals surface area contributed by atoms with Crippen LogP contribution in [0.3, 0.4) is 0 Å². The first-order chi connectivity index (χ1) is 23.0. The van der Waals surface area contributed by atoms with Crippen LogP contribution in [0.1, 0.15) is 72.8 Å². The normalized spacial score (nSPS) is 20.2. The summed E-state index contributed by atoms with van der Waals surface area (Å²) in [6.45, 7) is 13.4. The van der Waals surface area contributed by atoms with E-state index in [4.69, 9.17) is 32.5 Å². The number of ether oxygens (including phenoxy) is 5. The summed E-state index contributed by atoms with van der Waals surface area (Å²) in [6.07, 6.45) is 13.9. The molecule has 2 aliphatic rings. The Bertz CT molecular complexity index is 1900. The Kier molecular flexibility index (Phi) is 11.9. The van der Waals surface area contributed by atoms with Crippen LogP contribution in [-0.2, 0) is 14.2 Å². The van der Waals surface area contributed by atoms with Gasteiger partial charge in [0.25, 0.3) is 0 Å². The quantitative estimate of drug-likeness (QED) is 0.0536. The maximum Gasteiger partial charge on any atom is 2.00 e. The first kappa shape index (κ1) is 37.1. The van der Waals surface area contributed by atoms with Gasteiger partial charge in [0.1, 0.15) is 17.9 Å². The number of hydrogen-bond acceptors (Lipinski definition) is 8. The van der Waals surface area contributed by atoms with Gasteiger partial charge in [-0.05, 0) is 109 Å². The zero-order valence-corrected chi connectivity index (χ0v) is 33.3. The van der Waals surface area contributed by atoms with Crippen molar-refractivity contribution in [3.05, 3.63) is 106 Å². The molecule has 4 aromatic rings. The van der Waals surface area contributed by atoms with Crippen molar-refractivity contribution < 1.29 is 63.6 Å². The average Bonchev–Trinajstić information content (AvgIpc) is 3.32. The molecule has 0 amide bonds. The van der Waals surface area contributed by atoms with Crippen molar-refractivity contribution in [1.29, 1.82) is 0 Å². The van der Waals surface area contributed by atoms with E-state index >= 15 is 0 Å². The number of allylic oxidation sites excluding steroid dienone is 2.